The maximum Gasteiger partial charge on any atom is 0.254 e. The monoisotopic (exact) mass is 462 g/mol. The summed E-state index contributed by atoms with van der Waals surface area (Å²) in [5, 5.41) is 1.16. The van der Waals surface area contributed by atoms with Crippen molar-refractivity contribution in [1.82, 2.24) is 19.9 Å². The summed E-state index contributed by atoms with van der Waals surface area (Å²) in [7, 11) is 0. The Hall–Kier alpha value is -4.16. The molecule has 0 fully saturated rings. The lowest BCUT2D eigenvalue weighted by Crippen LogP contribution is -2.35. The molecule has 0 bridgehead atoms. The minimum Gasteiger partial charge on any atom is -0.489 e. The quantitative estimate of drug-likeness (QED) is 0.370. The van der Waals surface area contributed by atoms with Gasteiger partial charge in [0.1, 0.15) is 18.2 Å². The van der Waals surface area contributed by atoms with Gasteiger partial charge in [-0.05, 0) is 35.7 Å². The fraction of sp³-hybridized carbons (Fsp3) is 0.172. The number of rotatable bonds is 6. The van der Waals surface area contributed by atoms with Crippen LogP contribution >= 0.6 is 0 Å². The van der Waals surface area contributed by atoms with E-state index in [1.807, 2.05) is 54.6 Å². The molecule has 0 atom stereocenters. The Bertz CT molecular complexity index is 1520. The number of ether oxygens (including phenoxy) is 1. The first kappa shape index (κ1) is 21.4. The van der Waals surface area contributed by atoms with Gasteiger partial charge in [0.15, 0.2) is 0 Å². The minimum atomic E-state index is -0.0270. The molecule has 35 heavy (non-hydrogen) atoms. The summed E-state index contributed by atoms with van der Waals surface area (Å²) in [6.45, 7) is 2.78. The van der Waals surface area contributed by atoms with E-state index in [-0.39, 0.29) is 5.56 Å². The van der Waals surface area contributed by atoms with Gasteiger partial charge in [0, 0.05) is 47.9 Å². The van der Waals surface area contributed by atoms with Gasteiger partial charge in [0.2, 0.25) is 0 Å². The van der Waals surface area contributed by atoms with Gasteiger partial charge in [-0.1, -0.05) is 60.7 Å². The van der Waals surface area contributed by atoms with Crippen molar-refractivity contribution in [3.8, 4) is 17.1 Å². The summed E-state index contributed by atoms with van der Waals surface area (Å²) >= 11 is 0. The molecule has 6 nitrogen and oxygen atoms in total. The van der Waals surface area contributed by atoms with Crippen LogP contribution in [0.15, 0.2) is 89.9 Å². The normalized spacial score (nSPS) is 13.6. The van der Waals surface area contributed by atoms with E-state index in [9.17, 15) is 4.79 Å². The predicted molar refractivity (Wildman–Crippen MR) is 137 cm³/mol. The summed E-state index contributed by atoms with van der Waals surface area (Å²) in [6.07, 6.45) is 2.77. The molecular weight excluding hydrogens is 436 g/mol. The molecule has 0 saturated carbocycles. The Morgan fingerprint density at radius 2 is 1.77 bits per heavy atom. The highest BCUT2D eigenvalue weighted by molar-refractivity contribution is 5.84. The van der Waals surface area contributed by atoms with Gasteiger partial charge in [0.25, 0.3) is 5.56 Å². The predicted octanol–water partition coefficient (Wildman–Crippen LogP) is 5.06. The molecule has 1 aliphatic rings. The highest BCUT2D eigenvalue weighted by atomic mass is 16.5. The van der Waals surface area contributed by atoms with Crippen molar-refractivity contribution in [2.45, 2.75) is 26.1 Å². The van der Waals surface area contributed by atoms with Gasteiger partial charge in [-0.15, -0.1) is 0 Å². The first-order chi connectivity index (χ1) is 17.2. The zero-order chi connectivity index (χ0) is 23.6. The molecule has 3 aromatic carbocycles. The zero-order valence-corrected chi connectivity index (χ0v) is 19.3. The van der Waals surface area contributed by atoms with Crippen molar-refractivity contribution in [2.75, 3.05) is 6.54 Å². The maximum absolute atomic E-state index is 12.7. The lowest BCUT2D eigenvalue weighted by Gasteiger charge is -2.27. The number of hydrogen-bond donors (Lipinski definition) is 2. The standard InChI is InChI=1S/C29H26N4O2/c34-29-24-13-14-33(18-27(24)31-28(32-29)21-9-5-2-6-10-21)17-22-16-30-26-12-11-23(15-25(22)26)35-19-20-7-3-1-4-8-20/h1-12,15-16,30H,13-14,17-19H2,(H,31,32,34). The van der Waals surface area contributed by atoms with Crippen molar-refractivity contribution in [3.05, 3.63) is 118 Å². The Morgan fingerprint density at radius 1 is 0.971 bits per heavy atom. The van der Waals surface area contributed by atoms with Crippen LogP contribution in [0.1, 0.15) is 22.4 Å². The molecule has 0 spiro atoms. The summed E-state index contributed by atoms with van der Waals surface area (Å²) < 4.78 is 6.05. The molecule has 0 amide bonds. The molecule has 174 valence electrons. The van der Waals surface area contributed by atoms with Crippen LogP contribution in [0, 0.1) is 0 Å². The van der Waals surface area contributed by atoms with E-state index >= 15 is 0 Å². The van der Waals surface area contributed by atoms with Crippen LogP contribution in [-0.4, -0.2) is 26.4 Å². The summed E-state index contributed by atoms with van der Waals surface area (Å²) in [4.78, 5) is 26.3. The van der Waals surface area contributed by atoms with E-state index in [0.29, 0.717) is 25.4 Å². The van der Waals surface area contributed by atoms with Gasteiger partial charge in [-0.3, -0.25) is 9.69 Å². The van der Waals surface area contributed by atoms with E-state index in [2.05, 4.69) is 45.3 Å². The van der Waals surface area contributed by atoms with Crippen molar-refractivity contribution in [3.63, 3.8) is 0 Å². The smallest absolute Gasteiger partial charge is 0.254 e. The molecule has 6 rings (SSSR count). The van der Waals surface area contributed by atoms with E-state index in [4.69, 9.17) is 9.72 Å². The molecule has 2 N–H and O–H groups in total. The van der Waals surface area contributed by atoms with Crippen molar-refractivity contribution in [2.24, 2.45) is 0 Å². The summed E-state index contributed by atoms with van der Waals surface area (Å²) in [6, 6.07) is 26.2. The van der Waals surface area contributed by atoms with E-state index in [1.54, 1.807) is 0 Å². The number of aromatic amines is 2. The first-order valence-electron chi connectivity index (χ1n) is 11.9. The number of nitrogens with one attached hydrogen (secondary N) is 2. The van der Waals surface area contributed by atoms with Gasteiger partial charge < -0.3 is 14.7 Å². The third-order valence-corrected chi connectivity index (χ3v) is 6.58. The average molecular weight is 463 g/mol. The maximum atomic E-state index is 12.7. The van der Waals surface area contributed by atoms with E-state index in [0.717, 1.165) is 52.1 Å². The molecular formula is C29H26N4O2. The molecule has 0 unspecified atom stereocenters. The lowest BCUT2D eigenvalue weighted by molar-refractivity contribution is 0.241. The number of hydrogen-bond acceptors (Lipinski definition) is 4. The molecule has 2 aromatic heterocycles. The number of nitrogens with zero attached hydrogens (tertiary/aromatic N) is 2. The van der Waals surface area contributed by atoms with Crippen LogP contribution in [0.3, 0.4) is 0 Å². The number of H-pyrrole nitrogens is 2. The average Bonchev–Trinajstić information content (AvgIpc) is 3.30. The number of benzene rings is 3. The van der Waals surface area contributed by atoms with Crippen LogP contribution in [-0.2, 0) is 26.1 Å². The molecule has 1 aliphatic heterocycles. The largest absolute Gasteiger partial charge is 0.489 e. The molecule has 0 saturated heterocycles. The second-order valence-electron chi connectivity index (χ2n) is 8.96. The summed E-state index contributed by atoms with van der Waals surface area (Å²) in [5.41, 5.74) is 6.00. The lowest BCUT2D eigenvalue weighted by atomic mass is 10.0. The van der Waals surface area contributed by atoms with Crippen LogP contribution < -0.4 is 10.3 Å². The van der Waals surface area contributed by atoms with E-state index in [1.165, 1.54) is 5.56 Å². The van der Waals surface area contributed by atoms with Crippen LogP contribution in [0.4, 0.5) is 0 Å². The third kappa shape index (κ3) is 4.48. The van der Waals surface area contributed by atoms with Crippen LogP contribution in [0.5, 0.6) is 5.75 Å². The van der Waals surface area contributed by atoms with Gasteiger partial charge >= 0.3 is 0 Å². The molecule has 0 radical (unpaired) electrons. The fourth-order valence-corrected chi connectivity index (χ4v) is 4.72. The zero-order valence-electron chi connectivity index (χ0n) is 19.3. The van der Waals surface area contributed by atoms with Gasteiger partial charge in [0.05, 0.1) is 5.69 Å². The number of aromatic nitrogens is 3. The number of fused-ring (bicyclic) bond motifs is 2. The second-order valence-corrected chi connectivity index (χ2v) is 8.96. The topological polar surface area (TPSA) is 74.0 Å². The second kappa shape index (κ2) is 9.24. The van der Waals surface area contributed by atoms with Crippen molar-refractivity contribution in [1.29, 1.82) is 0 Å². The molecule has 3 heterocycles. The highest BCUT2D eigenvalue weighted by Crippen LogP contribution is 2.27. The Labute approximate surface area is 203 Å². The van der Waals surface area contributed by atoms with Crippen LogP contribution in [0.2, 0.25) is 0 Å². The van der Waals surface area contributed by atoms with Crippen molar-refractivity contribution < 1.29 is 4.74 Å². The highest BCUT2D eigenvalue weighted by Gasteiger charge is 2.22. The Morgan fingerprint density at radius 3 is 2.60 bits per heavy atom. The van der Waals surface area contributed by atoms with Crippen LogP contribution in [0.25, 0.3) is 22.3 Å². The Kier molecular flexibility index (Phi) is 5.64. The Balaban J connectivity index is 1.21. The minimum absolute atomic E-state index is 0.0270. The SMILES string of the molecule is O=c1[nH]c(-c2ccccc2)nc2c1CCN(Cc1c[nH]c3ccc(OCc4ccccc4)cc13)C2. The first-order valence-corrected chi connectivity index (χ1v) is 11.9. The fourth-order valence-electron chi connectivity index (χ4n) is 4.72. The van der Waals surface area contributed by atoms with Crippen molar-refractivity contribution >= 4 is 10.9 Å². The molecule has 5 aromatic rings. The van der Waals surface area contributed by atoms with E-state index < -0.39 is 0 Å². The van der Waals surface area contributed by atoms with Gasteiger partial charge in [-0.2, -0.15) is 0 Å². The summed E-state index contributed by atoms with van der Waals surface area (Å²) in [5.74, 6) is 1.48. The molecule has 0 aliphatic carbocycles. The molecule has 6 heteroatoms. The third-order valence-electron chi connectivity index (χ3n) is 6.58. The van der Waals surface area contributed by atoms with Gasteiger partial charge in [-0.25, -0.2) is 4.98 Å².